The van der Waals surface area contributed by atoms with Gasteiger partial charge in [-0.2, -0.15) is 0 Å². The van der Waals surface area contributed by atoms with Crippen LogP contribution in [-0.2, 0) is 25.6 Å². The Morgan fingerprint density at radius 3 is 2.84 bits per heavy atom. The van der Waals surface area contributed by atoms with Crippen molar-refractivity contribution in [1.29, 1.82) is 0 Å². The molecule has 1 aromatic carbocycles. The third-order valence-corrected chi connectivity index (χ3v) is 6.64. The second-order valence-corrected chi connectivity index (χ2v) is 8.80. The first kappa shape index (κ1) is 22.8. The minimum atomic E-state index is -0.712. The number of carbonyl (C=O) groups is 2. The minimum absolute atomic E-state index is 0.147. The topological polar surface area (TPSA) is 95.7 Å². The van der Waals surface area contributed by atoms with Crippen LogP contribution in [0.25, 0.3) is 10.9 Å². The molecule has 8 heteroatoms. The summed E-state index contributed by atoms with van der Waals surface area (Å²) in [6.07, 6.45) is 5.95. The highest BCUT2D eigenvalue weighted by molar-refractivity contribution is 5.90. The van der Waals surface area contributed by atoms with Gasteiger partial charge in [-0.1, -0.05) is 25.1 Å². The smallest absolute Gasteiger partial charge is 0.269 e. The van der Waals surface area contributed by atoms with Gasteiger partial charge in [-0.25, -0.2) is 5.06 Å². The number of nitrogens with one attached hydrogen (secondary N) is 3. The largest absolute Gasteiger partial charge is 0.379 e. The Kier molecular flexibility index (Phi) is 7.44. The molecule has 2 saturated heterocycles. The summed E-state index contributed by atoms with van der Waals surface area (Å²) in [6.45, 7) is 3.87. The van der Waals surface area contributed by atoms with Gasteiger partial charge in [0.2, 0.25) is 5.91 Å². The van der Waals surface area contributed by atoms with E-state index in [0.29, 0.717) is 19.6 Å². The average Bonchev–Trinajstić information content (AvgIpc) is 3.50. The molecule has 4 atom stereocenters. The van der Waals surface area contributed by atoms with Crippen molar-refractivity contribution in [3.8, 4) is 0 Å². The molecule has 8 nitrogen and oxygen atoms in total. The molecule has 4 rings (SSSR count). The number of H-pyrrole nitrogens is 1. The zero-order valence-corrected chi connectivity index (χ0v) is 18.9. The van der Waals surface area contributed by atoms with Crippen LogP contribution >= 0.6 is 0 Å². The number of hydrogen-bond acceptors (Lipinski definition) is 5. The number of nitrogens with zero attached hydrogens (tertiary/aromatic N) is 1. The van der Waals surface area contributed by atoms with Crippen LogP contribution in [0.1, 0.15) is 38.2 Å². The van der Waals surface area contributed by atoms with Gasteiger partial charge >= 0.3 is 0 Å². The van der Waals surface area contributed by atoms with E-state index in [0.717, 1.165) is 48.7 Å². The van der Waals surface area contributed by atoms with Crippen molar-refractivity contribution in [2.24, 2.45) is 5.92 Å². The zero-order valence-electron chi connectivity index (χ0n) is 18.9. The summed E-state index contributed by atoms with van der Waals surface area (Å²) in [4.78, 5) is 35.5. The van der Waals surface area contributed by atoms with Gasteiger partial charge in [0, 0.05) is 43.2 Å². The molecule has 0 radical (unpaired) electrons. The van der Waals surface area contributed by atoms with Crippen LogP contribution in [0.3, 0.4) is 0 Å². The number of carbonyl (C=O) groups excluding carboxylic acids is 2. The first-order chi connectivity index (χ1) is 15.6. The summed E-state index contributed by atoms with van der Waals surface area (Å²) in [5.74, 6) is -0.777. The highest BCUT2D eigenvalue weighted by Crippen LogP contribution is 2.22. The summed E-state index contributed by atoms with van der Waals surface area (Å²) in [5.41, 5.74) is 2.00. The summed E-state index contributed by atoms with van der Waals surface area (Å²) >= 11 is 0. The van der Waals surface area contributed by atoms with E-state index in [1.165, 1.54) is 5.06 Å². The summed E-state index contributed by atoms with van der Waals surface area (Å²) in [7, 11) is 1.64. The van der Waals surface area contributed by atoms with Crippen molar-refractivity contribution >= 4 is 22.7 Å². The van der Waals surface area contributed by atoms with E-state index < -0.39 is 12.0 Å². The number of rotatable bonds is 8. The maximum atomic E-state index is 13.3. The van der Waals surface area contributed by atoms with E-state index in [2.05, 4.69) is 15.6 Å². The minimum Gasteiger partial charge on any atom is -0.379 e. The van der Waals surface area contributed by atoms with Gasteiger partial charge in [-0.3, -0.25) is 14.4 Å². The monoisotopic (exact) mass is 442 g/mol. The molecule has 2 aliphatic rings. The molecule has 2 aromatic rings. The average molecular weight is 443 g/mol. The van der Waals surface area contributed by atoms with Crippen molar-refractivity contribution in [2.75, 3.05) is 26.8 Å². The molecule has 0 spiro atoms. The van der Waals surface area contributed by atoms with E-state index >= 15 is 0 Å². The van der Waals surface area contributed by atoms with Crippen LogP contribution < -0.4 is 10.6 Å². The van der Waals surface area contributed by atoms with E-state index in [1.54, 1.807) is 7.11 Å². The number of hydroxylamine groups is 2. The normalized spacial score (nSPS) is 21.9. The Balaban J connectivity index is 1.52. The number of aromatic nitrogens is 1. The first-order valence-electron chi connectivity index (χ1n) is 11.6. The Labute approximate surface area is 189 Å². The maximum Gasteiger partial charge on any atom is 0.269 e. The van der Waals surface area contributed by atoms with Gasteiger partial charge in [0.1, 0.15) is 6.04 Å². The highest BCUT2D eigenvalue weighted by Gasteiger charge is 2.36. The molecule has 2 fully saturated rings. The lowest BCUT2D eigenvalue weighted by molar-refractivity contribution is -0.199. The van der Waals surface area contributed by atoms with Crippen LogP contribution in [0.5, 0.6) is 0 Å². The fourth-order valence-corrected chi connectivity index (χ4v) is 4.83. The number of ether oxygens (including phenoxy) is 1. The van der Waals surface area contributed by atoms with Crippen LogP contribution in [0.15, 0.2) is 30.5 Å². The van der Waals surface area contributed by atoms with Gasteiger partial charge < -0.3 is 20.4 Å². The molecule has 3 heterocycles. The lowest BCUT2D eigenvalue weighted by Crippen LogP contribution is -2.54. The molecular weight excluding hydrogens is 408 g/mol. The summed E-state index contributed by atoms with van der Waals surface area (Å²) in [5, 5.41) is 8.92. The van der Waals surface area contributed by atoms with Crippen molar-refractivity contribution < 1.29 is 19.2 Å². The molecular formula is C24H34N4O4. The van der Waals surface area contributed by atoms with Gasteiger partial charge in [0.05, 0.1) is 18.6 Å². The Bertz CT molecular complexity index is 918. The molecule has 1 aromatic heterocycles. The third-order valence-electron chi connectivity index (χ3n) is 6.64. The molecule has 2 aliphatic heterocycles. The zero-order chi connectivity index (χ0) is 22.5. The highest BCUT2D eigenvalue weighted by atomic mass is 16.7. The van der Waals surface area contributed by atoms with Crippen LogP contribution in [0.2, 0.25) is 0 Å². The van der Waals surface area contributed by atoms with Crippen molar-refractivity contribution in [1.82, 2.24) is 20.7 Å². The van der Waals surface area contributed by atoms with Gasteiger partial charge in [-0.05, 0) is 43.9 Å². The Hall–Kier alpha value is -2.42. The number of aromatic amines is 1. The Morgan fingerprint density at radius 1 is 1.28 bits per heavy atom. The SMILES string of the molecule is CO[C@@H]([C@@H]1CCCN1)[C@@H](C)C(=O)N[C@@H](Cc1c[nH]c2ccccc12)C(=O)N1CCCCO1. The second-order valence-electron chi connectivity index (χ2n) is 8.80. The van der Waals surface area contributed by atoms with E-state index in [9.17, 15) is 9.59 Å². The molecule has 32 heavy (non-hydrogen) atoms. The van der Waals surface area contributed by atoms with Crippen LogP contribution in [0.4, 0.5) is 0 Å². The number of benzene rings is 1. The number of amides is 2. The van der Waals surface area contributed by atoms with Crippen molar-refractivity contribution in [3.05, 3.63) is 36.0 Å². The summed E-state index contributed by atoms with van der Waals surface area (Å²) in [6, 6.07) is 7.41. The van der Waals surface area contributed by atoms with E-state index in [4.69, 9.17) is 9.57 Å². The van der Waals surface area contributed by atoms with Gasteiger partial charge in [0.15, 0.2) is 0 Å². The van der Waals surface area contributed by atoms with Crippen molar-refractivity contribution in [2.45, 2.75) is 57.2 Å². The molecule has 2 amide bonds. The number of para-hydroxylation sites is 1. The molecule has 174 valence electrons. The fraction of sp³-hybridized carbons (Fsp3) is 0.583. The molecule has 0 saturated carbocycles. The lowest BCUT2D eigenvalue weighted by Gasteiger charge is -2.32. The molecule has 0 unspecified atom stereocenters. The third kappa shape index (κ3) is 4.98. The quantitative estimate of drug-likeness (QED) is 0.582. The number of methoxy groups -OCH3 is 1. The molecule has 0 bridgehead atoms. The predicted molar refractivity (Wildman–Crippen MR) is 122 cm³/mol. The standard InChI is InChI=1S/C24H34N4O4/c1-16(22(31-2)20-10-7-11-25-20)23(29)27-21(24(30)28-12-5-6-13-32-28)14-17-15-26-19-9-4-3-8-18(17)19/h3-4,8-9,15-16,20-22,25-26H,5-7,10-14H2,1-2H3,(H,27,29)/t16-,20+,21+,22-/m1/s1. The van der Waals surface area contributed by atoms with Crippen LogP contribution in [0, 0.1) is 5.92 Å². The Morgan fingerprint density at radius 2 is 2.12 bits per heavy atom. The van der Waals surface area contributed by atoms with Crippen molar-refractivity contribution in [3.63, 3.8) is 0 Å². The number of hydrogen-bond donors (Lipinski definition) is 3. The first-order valence-corrected chi connectivity index (χ1v) is 11.6. The summed E-state index contributed by atoms with van der Waals surface area (Å²) < 4.78 is 5.69. The number of fused-ring (bicyclic) bond motifs is 1. The molecule has 0 aliphatic carbocycles. The van der Waals surface area contributed by atoms with Gasteiger partial charge in [0.25, 0.3) is 5.91 Å². The molecule has 3 N–H and O–H groups in total. The predicted octanol–water partition coefficient (Wildman–Crippen LogP) is 2.15. The van der Waals surface area contributed by atoms with Gasteiger partial charge in [-0.15, -0.1) is 0 Å². The second kappa shape index (κ2) is 10.5. The van der Waals surface area contributed by atoms with E-state index in [-0.39, 0.29) is 24.0 Å². The van der Waals surface area contributed by atoms with Crippen LogP contribution in [-0.4, -0.2) is 66.9 Å². The fourth-order valence-electron chi connectivity index (χ4n) is 4.83. The lowest BCUT2D eigenvalue weighted by atomic mass is 9.94. The van der Waals surface area contributed by atoms with E-state index in [1.807, 2.05) is 37.4 Å². The maximum absolute atomic E-state index is 13.3.